The molecule has 0 saturated heterocycles. The van der Waals surface area contributed by atoms with E-state index < -0.39 is 0 Å². The second-order valence-electron chi connectivity index (χ2n) is 4.27. The number of anilines is 1. The van der Waals surface area contributed by atoms with Crippen LogP contribution in [0.15, 0.2) is 36.5 Å². The molecule has 3 rings (SSSR count). The van der Waals surface area contributed by atoms with Crippen LogP contribution in [-0.4, -0.2) is 20.0 Å². The summed E-state index contributed by atoms with van der Waals surface area (Å²) in [6, 6.07) is 9.77. The lowest BCUT2D eigenvalue weighted by atomic mass is 10.1. The standard InChI is InChI=1S/C13H13N5/c1-9-6-13(14)15-7-10(9)8-18-12-5-3-2-4-11(12)16-17-18/h2-7H,8H2,1H3,(H2,14,15). The normalized spacial score (nSPS) is 10.9. The van der Waals surface area contributed by atoms with Crippen molar-refractivity contribution in [2.75, 3.05) is 5.73 Å². The van der Waals surface area contributed by atoms with Crippen molar-refractivity contribution in [3.05, 3.63) is 47.7 Å². The number of rotatable bonds is 2. The summed E-state index contributed by atoms with van der Waals surface area (Å²) in [7, 11) is 0. The van der Waals surface area contributed by atoms with Gasteiger partial charge in [0.1, 0.15) is 11.3 Å². The largest absolute Gasteiger partial charge is 0.384 e. The molecule has 0 aliphatic rings. The molecule has 2 N–H and O–H groups in total. The van der Waals surface area contributed by atoms with Gasteiger partial charge in [0.25, 0.3) is 0 Å². The first-order valence-electron chi connectivity index (χ1n) is 5.73. The van der Waals surface area contributed by atoms with Crippen LogP contribution in [0.2, 0.25) is 0 Å². The van der Waals surface area contributed by atoms with E-state index in [-0.39, 0.29) is 0 Å². The monoisotopic (exact) mass is 239 g/mol. The Hall–Kier alpha value is -2.43. The summed E-state index contributed by atoms with van der Waals surface area (Å²) < 4.78 is 1.87. The van der Waals surface area contributed by atoms with E-state index in [1.165, 1.54) is 0 Å². The third kappa shape index (κ3) is 1.79. The number of aryl methyl sites for hydroxylation is 1. The van der Waals surface area contributed by atoms with Gasteiger partial charge in [-0.2, -0.15) is 0 Å². The topological polar surface area (TPSA) is 69.6 Å². The summed E-state index contributed by atoms with van der Waals surface area (Å²) in [5.74, 6) is 0.541. The highest BCUT2D eigenvalue weighted by molar-refractivity contribution is 5.73. The van der Waals surface area contributed by atoms with Gasteiger partial charge in [-0.1, -0.05) is 17.3 Å². The van der Waals surface area contributed by atoms with E-state index in [1.807, 2.05) is 41.9 Å². The number of nitrogens with zero attached hydrogens (tertiary/aromatic N) is 4. The van der Waals surface area contributed by atoms with Gasteiger partial charge in [-0.3, -0.25) is 0 Å². The molecule has 0 bridgehead atoms. The first-order valence-corrected chi connectivity index (χ1v) is 5.73. The maximum absolute atomic E-state index is 5.65. The lowest BCUT2D eigenvalue weighted by Crippen LogP contribution is -2.05. The zero-order chi connectivity index (χ0) is 12.5. The van der Waals surface area contributed by atoms with E-state index >= 15 is 0 Å². The Kier molecular flexibility index (Phi) is 2.44. The minimum Gasteiger partial charge on any atom is -0.384 e. The second-order valence-corrected chi connectivity index (χ2v) is 4.27. The van der Waals surface area contributed by atoms with E-state index in [2.05, 4.69) is 15.3 Å². The quantitative estimate of drug-likeness (QED) is 0.739. The maximum Gasteiger partial charge on any atom is 0.123 e. The minimum atomic E-state index is 0.541. The van der Waals surface area contributed by atoms with Crippen molar-refractivity contribution >= 4 is 16.9 Å². The van der Waals surface area contributed by atoms with Gasteiger partial charge in [-0.25, -0.2) is 9.67 Å². The predicted octanol–water partition coefficient (Wildman–Crippen LogP) is 1.77. The number of fused-ring (bicyclic) bond motifs is 1. The van der Waals surface area contributed by atoms with Gasteiger partial charge in [0.05, 0.1) is 12.1 Å². The molecule has 3 aromatic rings. The number of hydrogen-bond acceptors (Lipinski definition) is 4. The van der Waals surface area contributed by atoms with Gasteiger partial charge in [0, 0.05) is 6.20 Å². The zero-order valence-corrected chi connectivity index (χ0v) is 10.0. The first kappa shape index (κ1) is 10.7. The van der Waals surface area contributed by atoms with Gasteiger partial charge in [-0.05, 0) is 36.2 Å². The number of nitrogen functional groups attached to an aromatic ring is 1. The van der Waals surface area contributed by atoms with Crippen molar-refractivity contribution in [1.29, 1.82) is 0 Å². The summed E-state index contributed by atoms with van der Waals surface area (Å²) in [5, 5.41) is 8.29. The van der Waals surface area contributed by atoms with Crippen molar-refractivity contribution in [2.45, 2.75) is 13.5 Å². The molecule has 0 radical (unpaired) electrons. The zero-order valence-electron chi connectivity index (χ0n) is 10.0. The third-order valence-electron chi connectivity index (χ3n) is 2.98. The highest BCUT2D eigenvalue weighted by Gasteiger charge is 2.06. The van der Waals surface area contributed by atoms with Crippen LogP contribution >= 0.6 is 0 Å². The van der Waals surface area contributed by atoms with Gasteiger partial charge < -0.3 is 5.73 Å². The Labute approximate surface area is 104 Å². The molecule has 18 heavy (non-hydrogen) atoms. The molecule has 0 aliphatic heterocycles. The smallest absolute Gasteiger partial charge is 0.123 e. The number of benzene rings is 1. The Bertz CT molecular complexity index is 701. The molecule has 0 spiro atoms. The Balaban J connectivity index is 2.01. The highest BCUT2D eigenvalue weighted by atomic mass is 15.4. The molecule has 0 aliphatic carbocycles. The molecule has 0 saturated carbocycles. The fraction of sp³-hybridized carbons (Fsp3) is 0.154. The second kappa shape index (κ2) is 4.10. The minimum absolute atomic E-state index is 0.541. The average molecular weight is 239 g/mol. The number of pyridine rings is 1. The molecule has 2 aromatic heterocycles. The van der Waals surface area contributed by atoms with Gasteiger partial charge >= 0.3 is 0 Å². The van der Waals surface area contributed by atoms with Crippen LogP contribution in [0.1, 0.15) is 11.1 Å². The molecular weight excluding hydrogens is 226 g/mol. The molecule has 0 fully saturated rings. The lowest BCUT2D eigenvalue weighted by molar-refractivity contribution is 0.666. The van der Waals surface area contributed by atoms with Crippen LogP contribution in [0.4, 0.5) is 5.82 Å². The molecule has 5 nitrogen and oxygen atoms in total. The van der Waals surface area contributed by atoms with E-state index in [0.717, 1.165) is 22.2 Å². The SMILES string of the molecule is Cc1cc(N)ncc1Cn1nnc2ccccc21. The summed E-state index contributed by atoms with van der Waals surface area (Å²) in [6.07, 6.45) is 1.79. The van der Waals surface area contributed by atoms with E-state index in [9.17, 15) is 0 Å². The van der Waals surface area contributed by atoms with Crippen molar-refractivity contribution in [2.24, 2.45) is 0 Å². The van der Waals surface area contributed by atoms with E-state index in [1.54, 1.807) is 6.20 Å². The van der Waals surface area contributed by atoms with E-state index in [4.69, 9.17) is 5.73 Å². The maximum atomic E-state index is 5.65. The third-order valence-corrected chi connectivity index (χ3v) is 2.98. The molecule has 2 heterocycles. The van der Waals surface area contributed by atoms with Crippen molar-refractivity contribution in [3.63, 3.8) is 0 Å². The highest BCUT2D eigenvalue weighted by Crippen LogP contribution is 2.15. The van der Waals surface area contributed by atoms with Crippen LogP contribution in [0.3, 0.4) is 0 Å². The summed E-state index contributed by atoms with van der Waals surface area (Å²) in [4.78, 5) is 4.12. The Morgan fingerprint density at radius 3 is 2.94 bits per heavy atom. The van der Waals surface area contributed by atoms with Gasteiger partial charge in [0.2, 0.25) is 0 Å². The fourth-order valence-electron chi connectivity index (χ4n) is 1.97. The molecule has 0 amide bonds. The Morgan fingerprint density at radius 1 is 1.28 bits per heavy atom. The Morgan fingerprint density at radius 2 is 2.11 bits per heavy atom. The average Bonchev–Trinajstić information content (AvgIpc) is 2.76. The number of hydrogen-bond donors (Lipinski definition) is 1. The molecular formula is C13H13N5. The summed E-state index contributed by atoms with van der Waals surface area (Å²) >= 11 is 0. The van der Waals surface area contributed by atoms with E-state index in [0.29, 0.717) is 12.4 Å². The van der Waals surface area contributed by atoms with Crippen molar-refractivity contribution in [3.8, 4) is 0 Å². The molecule has 0 atom stereocenters. The molecule has 0 unspecified atom stereocenters. The number of aromatic nitrogens is 4. The van der Waals surface area contributed by atoms with Crippen LogP contribution in [0.25, 0.3) is 11.0 Å². The van der Waals surface area contributed by atoms with Crippen LogP contribution in [0.5, 0.6) is 0 Å². The first-order chi connectivity index (χ1) is 8.74. The van der Waals surface area contributed by atoms with Crippen molar-refractivity contribution in [1.82, 2.24) is 20.0 Å². The predicted molar refractivity (Wildman–Crippen MR) is 70.0 cm³/mol. The van der Waals surface area contributed by atoms with Gasteiger partial charge in [0.15, 0.2) is 0 Å². The summed E-state index contributed by atoms with van der Waals surface area (Å²) in [6.45, 7) is 2.67. The molecule has 90 valence electrons. The van der Waals surface area contributed by atoms with Crippen LogP contribution < -0.4 is 5.73 Å². The number of para-hydroxylation sites is 1. The van der Waals surface area contributed by atoms with Gasteiger partial charge in [-0.15, -0.1) is 5.10 Å². The van der Waals surface area contributed by atoms with Crippen LogP contribution in [-0.2, 0) is 6.54 Å². The molecule has 1 aromatic carbocycles. The van der Waals surface area contributed by atoms with Crippen LogP contribution in [0, 0.1) is 6.92 Å². The number of nitrogens with two attached hydrogens (primary N) is 1. The lowest BCUT2D eigenvalue weighted by Gasteiger charge is -2.06. The summed E-state index contributed by atoms with van der Waals surface area (Å²) in [5.41, 5.74) is 9.78. The fourth-order valence-corrected chi connectivity index (χ4v) is 1.97. The molecule has 5 heteroatoms. The van der Waals surface area contributed by atoms with Crippen molar-refractivity contribution < 1.29 is 0 Å².